The van der Waals surface area contributed by atoms with Crippen LogP contribution in [0.2, 0.25) is 0 Å². The van der Waals surface area contributed by atoms with Crippen LogP contribution in [0.15, 0.2) is 21.7 Å². The minimum Gasteiger partial charge on any atom is -0.348 e. The van der Waals surface area contributed by atoms with Crippen LogP contribution in [0.5, 0.6) is 0 Å². The van der Waals surface area contributed by atoms with Crippen molar-refractivity contribution in [2.24, 2.45) is 5.92 Å². The number of hydrogen-bond donors (Lipinski definition) is 2. The summed E-state index contributed by atoms with van der Waals surface area (Å²) >= 11 is 1.21. The van der Waals surface area contributed by atoms with Gasteiger partial charge in [0, 0.05) is 25.7 Å². The van der Waals surface area contributed by atoms with Crippen LogP contribution in [-0.4, -0.2) is 50.2 Å². The van der Waals surface area contributed by atoms with E-state index in [0.717, 1.165) is 19.3 Å². The standard InChI is InChI=1S/C17H27N3O4S2/c1-13(2)12-19-17(22)16(21)18-9-8-14-6-3-4-10-20(14)26(23,24)15-7-5-11-25-15/h5,7,11,13-14H,3-4,6,8-10,12H2,1-2H3,(H,18,21)(H,19,22)/t14-/m1/s1. The normalized spacial score (nSPS) is 18.7. The first-order valence-electron chi connectivity index (χ1n) is 8.93. The van der Waals surface area contributed by atoms with Gasteiger partial charge in [-0.2, -0.15) is 4.31 Å². The highest BCUT2D eigenvalue weighted by molar-refractivity contribution is 7.91. The monoisotopic (exact) mass is 401 g/mol. The highest BCUT2D eigenvalue weighted by Gasteiger charge is 2.33. The number of hydrogen-bond acceptors (Lipinski definition) is 5. The summed E-state index contributed by atoms with van der Waals surface area (Å²) in [6, 6.07) is 3.19. The summed E-state index contributed by atoms with van der Waals surface area (Å²) in [6.45, 7) is 5.11. The number of sulfonamides is 1. The number of amides is 2. The fourth-order valence-electron chi connectivity index (χ4n) is 2.91. The zero-order chi connectivity index (χ0) is 19.2. The van der Waals surface area contributed by atoms with E-state index in [1.165, 1.54) is 11.3 Å². The van der Waals surface area contributed by atoms with E-state index in [0.29, 0.717) is 23.7 Å². The smallest absolute Gasteiger partial charge is 0.309 e. The predicted molar refractivity (Wildman–Crippen MR) is 101 cm³/mol. The Morgan fingerprint density at radius 3 is 2.65 bits per heavy atom. The van der Waals surface area contributed by atoms with Crippen molar-refractivity contribution in [3.63, 3.8) is 0 Å². The van der Waals surface area contributed by atoms with Gasteiger partial charge >= 0.3 is 11.8 Å². The van der Waals surface area contributed by atoms with Gasteiger partial charge in [0.15, 0.2) is 0 Å². The number of thiophene rings is 1. The molecule has 7 nitrogen and oxygen atoms in total. The third-order valence-electron chi connectivity index (χ3n) is 4.27. The molecule has 26 heavy (non-hydrogen) atoms. The fraction of sp³-hybridized carbons (Fsp3) is 0.647. The number of carbonyl (C=O) groups excluding carboxylic acids is 2. The third kappa shape index (κ3) is 5.52. The molecule has 1 aromatic heterocycles. The molecular formula is C17H27N3O4S2. The molecule has 2 N–H and O–H groups in total. The first-order valence-corrected chi connectivity index (χ1v) is 11.3. The van der Waals surface area contributed by atoms with Gasteiger partial charge in [0.05, 0.1) is 0 Å². The Labute approximate surface area is 159 Å². The second-order valence-corrected chi connectivity index (χ2v) is 9.91. The zero-order valence-electron chi connectivity index (χ0n) is 15.2. The van der Waals surface area contributed by atoms with Gasteiger partial charge in [-0.1, -0.05) is 26.3 Å². The lowest BCUT2D eigenvalue weighted by molar-refractivity contribution is -0.139. The maximum atomic E-state index is 12.8. The molecule has 0 aliphatic carbocycles. The highest BCUT2D eigenvalue weighted by Crippen LogP contribution is 2.28. The van der Waals surface area contributed by atoms with E-state index < -0.39 is 21.8 Å². The summed E-state index contributed by atoms with van der Waals surface area (Å²) < 4.78 is 27.5. The highest BCUT2D eigenvalue weighted by atomic mass is 32.2. The second kappa shape index (κ2) is 9.48. The zero-order valence-corrected chi connectivity index (χ0v) is 16.9. The lowest BCUT2D eigenvalue weighted by Gasteiger charge is -2.34. The topological polar surface area (TPSA) is 95.6 Å². The molecule has 1 saturated heterocycles. The molecule has 1 fully saturated rings. The summed E-state index contributed by atoms with van der Waals surface area (Å²) in [5, 5.41) is 6.91. The Kier molecular flexibility index (Phi) is 7.60. The molecule has 1 atom stereocenters. The van der Waals surface area contributed by atoms with Crippen LogP contribution in [0.3, 0.4) is 0 Å². The molecule has 9 heteroatoms. The Balaban J connectivity index is 1.89. The number of carbonyl (C=O) groups is 2. The van der Waals surface area contributed by atoms with Crippen LogP contribution < -0.4 is 10.6 Å². The lowest BCUT2D eigenvalue weighted by atomic mass is 10.0. The maximum Gasteiger partial charge on any atom is 0.309 e. The molecule has 0 radical (unpaired) electrons. The molecule has 146 valence electrons. The van der Waals surface area contributed by atoms with E-state index in [4.69, 9.17) is 0 Å². The van der Waals surface area contributed by atoms with E-state index in [-0.39, 0.29) is 18.5 Å². The van der Waals surface area contributed by atoms with Gasteiger partial charge in [-0.05, 0) is 36.6 Å². The van der Waals surface area contributed by atoms with Crippen LogP contribution in [-0.2, 0) is 19.6 Å². The average molecular weight is 402 g/mol. The first-order chi connectivity index (χ1) is 12.3. The Hall–Kier alpha value is -1.45. The summed E-state index contributed by atoms with van der Waals surface area (Å²) in [4.78, 5) is 23.5. The molecule has 2 rings (SSSR count). The van der Waals surface area contributed by atoms with Crippen LogP contribution >= 0.6 is 11.3 Å². The van der Waals surface area contributed by atoms with Gasteiger partial charge < -0.3 is 10.6 Å². The van der Waals surface area contributed by atoms with Crippen LogP contribution in [0.25, 0.3) is 0 Å². The molecule has 0 spiro atoms. The number of rotatable bonds is 7. The van der Waals surface area contributed by atoms with Crippen molar-refractivity contribution in [1.29, 1.82) is 0 Å². The minimum atomic E-state index is -3.49. The second-order valence-electron chi connectivity index (χ2n) is 6.85. The van der Waals surface area contributed by atoms with Crippen molar-refractivity contribution in [2.45, 2.75) is 49.8 Å². The van der Waals surface area contributed by atoms with Crippen molar-refractivity contribution < 1.29 is 18.0 Å². The minimum absolute atomic E-state index is 0.158. The summed E-state index contributed by atoms with van der Waals surface area (Å²) in [5.74, 6) is -1.05. The van der Waals surface area contributed by atoms with Gasteiger partial charge in [-0.15, -0.1) is 11.3 Å². The van der Waals surface area contributed by atoms with Crippen molar-refractivity contribution in [1.82, 2.24) is 14.9 Å². The Bertz CT molecular complexity index is 702. The molecule has 0 bridgehead atoms. The van der Waals surface area contributed by atoms with Gasteiger partial charge in [-0.3, -0.25) is 9.59 Å². The molecule has 1 aromatic rings. The summed E-state index contributed by atoms with van der Waals surface area (Å²) in [6.07, 6.45) is 3.06. The van der Waals surface area contributed by atoms with Crippen LogP contribution in [0.1, 0.15) is 39.5 Å². The van der Waals surface area contributed by atoms with Crippen LogP contribution in [0, 0.1) is 5.92 Å². The van der Waals surface area contributed by atoms with Crippen molar-refractivity contribution in [3.05, 3.63) is 17.5 Å². The van der Waals surface area contributed by atoms with Gasteiger partial charge in [0.1, 0.15) is 4.21 Å². The molecule has 1 aliphatic rings. The fourth-order valence-corrected chi connectivity index (χ4v) is 5.76. The van der Waals surface area contributed by atoms with Gasteiger partial charge in [-0.25, -0.2) is 8.42 Å². The van der Waals surface area contributed by atoms with Gasteiger partial charge in [0.2, 0.25) is 0 Å². The number of nitrogens with zero attached hydrogens (tertiary/aromatic N) is 1. The molecule has 0 aromatic carbocycles. The SMILES string of the molecule is CC(C)CNC(=O)C(=O)NCC[C@H]1CCCCN1S(=O)(=O)c1cccs1. The first kappa shape index (κ1) is 20.9. The summed E-state index contributed by atoms with van der Waals surface area (Å²) in [7, 11) is -3.49. The Morgan fingerprint density at radius 1 is 1.27 bits per heavy atom. The molecule has 1 aliphatic heterocycles. The molecule has 2 heterocycles. The number of nitrogens with one attached hydrogen (secondary N) is 2. The number of piperidine rings is 1. The third-order valence-corrected chi connectivity index (χ3v) is 7.60. The molecule has 2 amide bonds. The molecule has 0 unspecified atom stereocenters. The van der Waals surface area contributed by atoms with E-state index in [9.17, 15) is 18.0 Å². The van der Waals surface area contributed by atoms with Crippen molar-refractivity contribution in [3.8, 4) is 0 Å². The molecule has 0 saturated carbocycles. The quantitative estimate of drug-likeness (QED) is 0.678. The van der Waals surface area contributed by atoms with E-state index >= 15 is 0 Å². The predicted octanol–water partition coefficient (Wildman–Crippen LogP) is 1.57. The summed E-state index contributed by atoms with van der Waals surface area (Å²) in [5.41, 5.74) is 0. The van der Waals surface area contributed by atoms with E-state index in [2.05, 4.69) is 10.6 Å². The van der Waals surface area contributed by atoms with Crippen LogP contribution in [0.4, 0.5) is 0 Å². The van der Waals surface area contributed by atoms with Gasteiger partial charge in [0.25, 0.3) is 10.0 Å². The largest absolute Gasteiger partial charge is 0.348 e. The Morgan fingerprint density at radius 2 is 2.00 bits per heavy atom. The van der Waals surface area contributed by atoms with E-state index in [1.54, 1.807) is 21.8 Å². The average Bonchev–Trinajstić information content (AvgIpc) is 3.15. The van der Waals surface area contributed by atoms with E-state index in [1.807, 2.05) is 13.8 Å². The van der Waals surface area contributed by atoms with Crippen molar-refractivity contribution >= 4 is 33.2 Å². The lowest BCUT2D eigenvalue weighted by Crippen LogP contribution is -2.46. The maximum absolute atomic E-state index is 12.8. The molecular weight excluding hydrogens is 374 g/mol. The van der Waals surface area contributed by atoms with Crippen molar-refractivity contribution in [2.75, 3.05) is 19.6 Å².